The average Bonchev–Trinajstić information content (AvgIpc) is 3.30. The number of phosphoric ester groups is 1. The first-order valence-electron chi connectivity index (χ1n) is 30.4. The summed E-state index contributed by atoms with van der Waals surface area (Å²) >= 11 is 0. The number of aliphatic hydroxyl groups excluding tert-OH is 1. The molecule has 0 radical (unpaired) electrons. The van der Waals surface area contributed by atoms with E-state index in [4.69, 9.17) is 9.05 Å². The van der Waals surface area contributed by atoms with E-state index in [2.05, 4.69) is 19.2 Å². The van der Waals surface area contributed by atoms with Crippen molar-refractivity contribution in [3.8, 4) is 0 Å². The van der Waals surface area contributed by atoms with Gasteiger partial charge in [0.1, 0.15) is 13.2 Å². The Morgan fingerprint density at radius 3 is 0.985 bits per heavy atom. The SMILES string of the molecule is CCCCCCCCCCCCCCCCCCCCCCCCCCCCCCCC(=O)NC(COP(=O)(O)OCC[N+](C)(C)C)C(O)CCCCCCCCCCCCCCCCCCC. The number of quaternary nitrogens is 1. The van der Waals surface area contributed by atoms with Gasteiger partial charge in [-0.05, 0) is 12.8 Å². The number of carbonyl (C=O) groups excluding carboxylic acids is 1. The number of hydrogen-bond acceptors (Lipinski definition) is 5. The first-order chi connectivity index (χ1) is 33.0. The van der Waals surface area contributed by atoms with Crippen LogP contribution in [0.25, 0.3) is 0 Å². The standard InChI is InChI=1S/C59H121N2O6P/c1-6-8-10-12-14-16-18-20-22-24-25-26-27-28-29-30-31-32-33-34-35-37-39-41-43-45-47-49-51-53-59(63)60-57(56-67-68(64,65)66-55-54-61(3,4)5)58(62)52-50-48-46-44-42-40-38-36-23-21-19-17-15-13-11-9-7-2/h57-58,62H,6-56H2,1-5H3,(H-,60,63,64,65)/p+1. The number of amides is 1. The molecule has 0 spiro atoms. The molecule has 0 aromatic heterocycles. The number of unbranched alkanes of at least 4 members (excludes halogenated alkanes) is 44. The normalized spacial score (nSPS) is 13.8. The summed E-state index contributed by atoms with van der Waals surface area (Å²) in [6.45, 7) is 4.95. The van der Waals surface area contributed by atoms with Crippen LogP contribution in [0.5, 0.6) is 0 Å². The zero-order valence-electron chi connectivity index (χ0n) is 46.6. The van der Waals surface area contributed by atoms with Crippen LogP contribution in [-0.2, 0) is 18.4 Å². The van der Waals surface area contributed by atoms with Crippen LogP contribution < -0.4 is 5.32 Å². The molecular formula is C59H122N2O6P+. The van der Waals surface area contributed by atoms with Crippen molar-refractivity contribution >= 4 is 13.7 Å². The Labute approximate surface area is 425 Å². The second-order valence-corrected chi connectivity index (χ2v) is 23.9. The molecule has 1 amide bonds. The fraction of sp³-hybridized carbons (Fsp3) is 0.983. The van der Waals surface area contributed by atoms with Crippen molar-refractivity contribution in [2.24, 2.45) is 0 Å². The van der Waals surface area contributed by atoms with Crippen molar-refractivity contribution in [2.75, 3.05) is 40.9 Å². The molecule has 0 aromatic rings. The molecule has 0 aliphatic heterocycles. The Morgan fingerprint density at radius 1 is 0.441 bits per heavy atom. The number of hydrogen-bond donors (Lipinski definition) is 3. The number of rotatable bonds is 57. The topological polar surface area (TPSA) is 105 Å². The number of aliphatic hydroxyl groups is 1. The molecule has 68 heavy (non-hydrogen) atoms. The Hall–Kier alpha value is -0.500. The number of nitrogens with zero attached hydrogens (tertiary/aromatic N) is 1. The van der Waals surface area contributed by atoms with Gasteiger partial charge in [0, 0.05) is 6.42 Å². The monoisotopic (exact) mass is 986 g/mol. The van der Waals surface area contributed by atoms with E-state index >= 15 is 0 Å². The molecule has 0 rings (SSSR count). The lowest BCUT2D eigenvalue weighted by Gasteiger charge is -2.26. The molecule has 0 saturated carbocycles. The summed E-state index contributed by atoms with van der Waals surface area (Å²) in [6.07, 6.45) is 61.7. The van der Waals surface area contributed by atoms with E-state index in [1.165, 1.54) is 257 Å². The maximum Gasteiger partial charge on any atom is 0.472 e. The molecule has 0 saturated heterocycles. The van der Waals surface area contributed by atoms with Crippen molar-refractivity contribution in [1.29, 1.82) is 0 Å². The quantitative estimate of drug-likeness (QED) is 0.0319. The molecular weight excluding hydrogens is 864 g/mol. The van der Waals surface area contributed by atoms with Crippen LogP contribution >= 0.6 is 7.82 Å². The molecule has 3 N–H and O–H groups in total. The van der Waals surface area contributed by atoms with Crippen LogP contribution in [0.15, 0.2) is 0 Å². The van der Waals surface area contributed by atoms with Gasteiger partial charge in [0.25, 0.3) is 0 Å². The third-order valence-electron chi connectivity index (χ3n) is 14.4. The Morgan fingerprint density at radius 2 is 0.706 bits per heavy atom. The van der Waals surface area contributed by atoms with Gasteiger partial charge < -0.3 is 19.8 Å². The molecule has 0 fully saturated rings. The summed E-state index contributed by atoms with van der Waals surface area (Å²) in [6, 6.07) is -0.755. The lowest BCUT2D eigenvalue weighted by Crippen LogP contribution is -2.46. The molecule has 0 bridgehead atoms. The molecule has 8 nitrogen and oxygen atoms in total. The Kier molecular flexibility index (Phi) is 51.0. The van der Waals surface area contributed by atoms with E-state index in [0.29, 0.717) is 23.9 Å². The van der Waals surface area contributed by atoms with Gasteiger partial charge in [-0.15, -0.1) is 0 Å². The van der Waals surface area contributed by atoms with Gasteiger partial charge in [0.2, 0.25) is 5.91 Å². The second-order valence-electron chi connectivity index (χ2n) is 22.4. The predicted molar refractivity (Wildman–Crippen MR) is 296 cm³/mol. The van der Waals surface area contributed by atoms with Gasteiger partial charge in [-0.25, -0.2) is 4.57 Å². The maximum absolute atomic E-state index is 13.0. The lowest BCUT2D eigenvalue weighted by atomic mass is 10.0. The van der Waals surface area contributed by atoms with Gasteiger partial charge in [0.05, 0.1) is 39.9 Å². The van der Waals surface area contributed by atoms with Gasteiger partial charge in [-0.2, -0.15) is 0 Å². The molecule has 9 heteroatoms. The smallest absolute Gasteiger partial charge is 0.391 e. The highest BCUT2D eigenvalue weighted by molar-refractivity contribution is 7.47. The summed E-state index contributed by atoms with van der Waals surface area (Å²) < 4.78 is 23.8. The number of carbonyl (C=O) groups is 1. The summed E-state index contributed by atoms with van der Waals surface area (Å²) in [5, 5.41) is 14.1. The van der Waals surface area contributed by atoms with E-state index in [9.17, 15) is 19.4 Å². The summed E-state index contributed by atoms with van der Waals surface area (Å²) in [4.78, 5) is 23.3. The molecule has 408 valence electrons. The van der Waals surface area contributed by atoms with Crippen LogP contribution in [0.2, 0.25) is 0 Å². The van der Waals surface area contributed by atoms with Crippen LogP contribution in [0.3, 0.4) is 0 Å². The largest absolute Gasteiger partial charge is 0.472 e. The molecule has 3 atom stereocenters. The minimum atomic E-state index is -4.32. The minimum absolute atomic E-state index is 0.0791. The highest BCUT2D eigenvalue weighted by atomic mass is 31.2. The maximum atomic E-state index is 13.0. The Balaban J connectivity index is 4.02. The average molecular weight is 987 g/mol. The zero-order chi connectivity index (χ0) is 49.9. The summed E-state index contributed by atoms with van der Waals surface area (Å²) in [5.41, 5.74) is 0. The third kappa shape index (κ3) is 53.3. The van der Waals surface area contributed by atoms with E-state index in [-0.39, 0.29) is 19.1 Å². The van der Waals surface area contributed by atoms with E-state index < -0.39 is 20.0 Å². The van der Waals surface area contributed by atoms with Gasteiger partial charge in [0.15, 0.2) is 0 Å². The number of likely N-dealkylation sites (N-methyl/N-ethyl adjacent to an activating group) is 1. The van der Waals surface area contributed by atoms with Crippen LogP contribution in [0.1, 0.15) is 322 Å². The fourth-order valence-corrected chi connectivity index (χ4v) is 10.3. The van der Waals surface area contributed by atoms with Crippen molar-refractivity contribution in [2.45, 2.75) is 334 Å². The predicted octanol–water partition coefficient (Wildman–Crippen LogP) is 18.4. The van der Waals surface area contributed by atoms with Gasteiger partial charge in [-0.1, -0.05) is 303 Å². The van der Waals surface area contributed by atoms with Crippen molar-refractivity contribution < 1.29 is 32.9 Å². The molecule has 3 unspecified atom stereocenters. The van der Waals surface area contributed by atoms with E-state index in [1.807, 2.05) is 21.1 Å². The second kappa shape index (κ2) is 51.4. The zero-order valence-corrected chi connectivity index (χ0v) is 47.5. The number of phosphoric acid groups is 1. The van der Waals surface area contributed by atoms with Crippen LogP contribution in [-0.4, -0.2) is 73.4 Å². The number of nitrogens with one attached hydrogen (secondary N) is 1. The summed E-state index contributed by atoms with van der Waals surface area (Å²) in [7, 11) is 1.64. The van der Waals surface area contributed by atoms with Crippen molar-refractivity contribution in [3.05, 3.63) is 0 Å². The molecule has 0 aromatic carbocycles. The lowest BCUT2D eigenvalue weighted by molar-refractivity contribution is -0.870. The first-order valence-corrected chi connectivity index (χ1v) is 31.9. The van der Waals surface area contributed by atoms with Gasteiger partial charge in [-0.3, -0.25) is 13.8 Å². The molecule has 0 aliphatic carbocycles. The van der Waals surface area contributed by atoms with Crippen LogP contribution in [0.4, 0.5) is 0 Å². The fourth-order valence-electron chi connectivity index (χ4n) is 9.58. The third-order valence-corrected chi connectivity index (χ3v) is 15.3. The highest BCUT2D eigenvalue weighted by Gasteiger charge is 2.28. The minimum Gasteiger partial charge on any atom is -0.391 e. The molecule has 0 aliphatic rings. The van der Waals surface area contributed by atoms with E-state index in [1.54, 1.807) is 0 Å². The van der Waals surface area contributed by atoms with Gasteiger partial charge >= 0.3 is 7.82 Å². The molecule has 0 heterocycles. The van der Waals surface area contributed by atoms with Crippen molar-refractivity contribution in [1.82, 2.24) is 5.32 Å². The van der Waals surface area contributed by atoms with Crippen molar-refractivity contribution in [3.63, 3.8) is 0 Å². The first kappa shape index (κ1) is 67.5. The van der Waals surface area contributed by atoms with Crippen LogP contribution in [0, 0.1) is 0 Å². The van der Waals surface area contributed by atoms with E-state index in [0.717, 1.165) is 38.5 Å². The highest BCUT2D eigenvalue weighted by Crippen LogP contribution is 2.43. The summed E-state index contributed by atoms with van der Waals surface area (Å²) in [5.74, 6) is -0.135. The Bertz CT molecular complexity index is 1070.